The quantitative estimate of drug-likeness (QED) is 0.342. The maximum atomic E-state index is 13.1. The van der Waals surface area contributed by atoms with Crippen molar-refractivity contribution in [3.8, 4) is 0 Å². The van der Waals surface area contributed by atoms with Crippen molar-refractivity contribution in [2.75, 3.05) is 40.4 Å². The van der Waals surface area contributed by atoms with Gasteiger partial charge in [-0.1, -0.05) is 12.1 Å². The normalized spacial score (nSPS) is 18.8. The molecule has 34 heavy (non-hydrogen) atoms. The summed E-state index contributed by atoms with van der Waals surface area (Å²) in [6, 6.07) is 4.60. The Kier molecular flexibility index (Phi) is 11.0. The van der Waals surface area contributed by atoms with Crippen molar-refractivity contribution in [3.05, 3.63) is 35.6 Å². The van der Waals surface area contributed by atoms with Gasteiger partial charge in [0.25, 0.3) is 5.91 Å². The Balaban J connectivity index is 1.88. The Bertz CT molecular complexity index is 839. The van der Waals surface area contributed by atoms with Crippen LogP contribution in [0, 0.1) is 5.82 Å². The lowest BCUT2D eigenvalue weighted by atomic mass is 10.1. The first-order chi connectivity index (χ1) is 16.3. The number of likely N-dealkylation sites (N-methyl/N-ethyl adjacent to an activating group) is 2. The lowest BCUT2D eigenvalue weighted by Crippen LogP contribution is -2.50. The predicted molar refractivity (Wildman–Crippen MR) is 122 cm³/mol. The number of nitrogens with one attached hydrogen (secondary N) is 3. The fourth-order valence-electron chi connectivity index (χ4n) is 4.07. The number of alkyl halides is 1. The second-order valence-corrected chi connectivity index (χ2v) is 8.36. The van der Waals surface area contributed by atoms with Crippen molar-refractivity contribution in [1.82, 2.24) is 25.8 Å². The highest BCUT2D eigenvalue weighted by Crippen LogP contribution is 2.25. The van der Waals surface area contributed by atoms with E-state index in [2.05, 4.69) is 16.0 Å². The van der Waals surface area contributed by atoms with Crippen LogP contribution in [0.4, 0.5) is 8.78 Å². The number of benzene rings is 1. The second kappa shape index (κ2) is 13.7. The van der Waals surface area contributed by atoms with Crippen molar-refractivity contribution >= 4 is 24.0 Å². The van der Waals surface area contributed by atoms with Gasteiger partial charge in [-0.05, 0) is 51.1 Å². The number of likely N-dealkylation sites (tertiary alicyclic amines) is 1. The Labute approximate surface area is 198 Å². The van der Waals surface area contributed by atoms with Gasteiger partial charge in [-0.25, -0.2) is 8.78 Å². The van der Waals surface area contributed by atoms with E-state index in [0.29, 0.717) is 25.7 Å². The molecule has 0 radical (unpaired) electrons. The van der Waals surface area contributed by atoms with E-state index in [1.807, 2.05) is 11.9 Å². The minimum atomic E-state index is -1.20. The maximum absolute atomic E-state index is 13.1. The summed E-state index contributed by atoms with van der Waals surface area (Å²) in [4.78, 5) is 51.0. The van der Waals surface area contributed by atoms with Gasteiger partial charge in [0.2, 0.25) is 11.8 Å². The topological polar surface area (TPSA) is 111 Å². The number of rotatable bonds is 13. The summed E-state index contributed by atoms with van der Waals surface area (Å²) in [5.41, 5.74) is 0.791. The number of halogens is 2. The molecule has 0 spiro atoms. The number of hydrogen-bond acceptors (Lipinski definition) is 6. The van der Waals surface area contributed by atoms with Crippen LogP contribution in [0.25, 0.3) is 0 Å². The molecule has 0 saturated carbocycles. The maximum Gasteiger partial charge on any atom is 0.254 e. The number of aldehydes is 1. The summed E-state index contributed by atoms with van der Waals surface area (Å²) in [6.07, 6.45) is 2.36. The molecule has 188 valence electrons. The third-order valence-electron chi connectivity index (χ3n) is 5.99. The van der Waals surface area contributed by atoms with Gasteiger partial charge in [-0.15, -0.1) is 0 Å². The van der Waals surface area contributed by atoms with E-state index < -0.39 is 24.5 Å². The van der Waals surface area contributed by atoms with Gasteiger partial charge in [0.1, 0.15) is 18.1 Å². The third kappa shape index (κ3) is 8.14. The Hall–Kier alpha value is -2.92. The van der Waals surface area contributed by atoms with E-state index in [9.17, 15) is 28.0 Å². The number of nitrogens with zero attached hydrogens (tertiary/aromatic N) is 2. The van der Waals surface area contributed by atoms with Gasteiger partial charge in [-0.2, -0.15) is 0 Å². The highest BCUT2D eigenvalue weighted by atomic mass is 19.1. The molecular weight excluding hydrogens is 448 g/mol. The third-order valence-corrected chi connectivity index (χ3v) is 5.99. The summed E-state index contributed by atoms with van der Waals surface area (Å²) in [6.45, 7) is -0.837. The molecule has 3 amide bonds. The molecule has 3 atom stereocenters. The van der Waals surface area contributed by atoms with Crippen LogP contribution in [0.2, 0.25) is 0 Å². The molecule has 1 saturated heterocycles. The molecule has 1 fully saturated rings. The molecule has 0 aliphatic carbocycles. The lowest BCUT2D eigenvalue weighted by Gasteiger charge is -2.29. The first kappa shape index (κ1) is 27.3. The second-order valence-electron chi connectivity index (χ2n) is 8.36. The lowest BCUT2D eigenvalue weighted by molar-refractivity contribution is -0.134. The zero-order chi connectivity index (χ0) is 25.1. The van der Waals surface area contributed by atoms with Crippen LogP contribution in [0.5, 0.6) is 0 Å². The van der Waals surface area contributed by atoms with E-state index in [0.717, 1.165) is 12.0 Å². The molecule has 0 bridgehead atoms. The van der Waals surface area contributed by atoms with Crippen LogP contribution in [0.1, 0.15) is 24.8 Å². The molecular formula is C23H33F2N5O4. The molecule has 1 aliphatic heterocycles. The van der Waals surface area contributed by atoms with Crippen molar-refractivity contribution in [2.24, 2.45) is 0 Å². The van der Waals surface area contributed by atoms with E-state index in [-0.39, 0.29) is 43.4 Å². The number of carbonyl (C=O) groups is 4. The first-order valence-corrected chi connectivity index (χ1v) is 11.3. The Morgan fingerprint density at radius 2 is 1.94 bits per heavy atom. The van der Waals surface area contributed by atoms with Gasteiger partial charge in [-0.3, -0.25) is 19.3 Å². The standard InChI is InChI=1S/C23H33F2N5O4/c1-26-13-21(32)28-18(15-31)14-30(22(33)11-24)10-9-19-7-8-20(29(19)2)23(34)27-12-16-3-5-17(25)6-4-16/h3-6,15,18-20,26H,7-14H2,1-2H3,(H,27,34)(H,28,32). The van der Waals surface area contributed by atoms with Crippen LogP contribution < -0.4 is 16.0 Å². The average Bonchev–Trinajstić information content (AvgIpc) is 3.20. The minimum Gasteiger partial charge on any atom is -0.351 e. The molecule has 3 N–H and O–H groups in total. The Morgan fingerprint density at radius 1 is 1.24 bits per heavy atom. The summed E-state index contributed by atoms with van der Waals surface area (Å²) >= 11 is 0. The SMILES string of the molecule is CNCC(=O)NC(C=O)CN(CCC1CCC(C(=O)NCc2ccc(F)cc2)N1C)C(=O)CF. The molecule has 11 heteroatoms. The van der Waals surface area contributed by atoms with Gasteiger partial charge in [0, 0.05) is 25.7 Å². The number of amides is 3. The van der Waals surface area contributed by atoms with Crippen molar-refractivity contribution in [2.45, 2.75) is 43.9 Å². The Morgan fingerprint density at radius 3 is 2.56 bits per heavy atom. The summed E-state index contributed by atoms with van der Waals surface area (Å²) in [7, 11) is 3.41. The summed E-state index contributed by atoms with van der Waals surface area (Å²) in [5.74, 6) is -1.64. The average molecular weight is 482 g/mol. The number of carbonyl (C=O) groups excluding carboxylic acids is 4. The van der Waals surface area contributed by atoms with Crippen molar-refractivity contribution in [3.63, 3.8) is 0 Å². The fourth-order valence-corrected chi connectivity index (χ4v) is 4.07. The van der Waals surface area contributed by atoms with Crippen LogP contribution >= 0.6 is 0 Å². The monoisotopic (exact) mass is 481 g/mol. The largest absolute Gasteiger partial charge is 0.351 e. The number of hydrogen-bond donors (Lipinski definition) is 3. The van der Waals surface area contributed by atoms with Gasteiger partial charge >= 0.3 is 0 Å². The predicted octanol–water partition coefficient (Wildman–Crippen LogP) is -0.00400. The molecule has 1 aliphatic rings. The minimum absolute atomic E-state index is 0.00922. The summed E-state index contributed by atoms with van der Waals surface area (Å²) in [5, 5.41) is 8.02. The molecule has 3 unspecified atom stereocenters. The molecule has 1 aromatic carbocycles. The van der Waals surface area contributed by atoms with Gasteiger partial charge in [0.05, 0.1) is 12.6 Å². The van der Waals surface area contributed by atoms with Crippen molar-refractivity contribution in [1.29, 1.82) is 0 Å². The molecule has 1 heterocycles. The van der Waals surface area contributed by atoms with E-state index in [4.69, 9.17) is 0 Å². The van der Waals surface area contributed by atoms with Crippen LogP contribution in [-0.2, 0) is 25.7 Å². The van der Waals surface area contributed by atoms with Gasteiger partial charge in [0.15, 0.2) is 6.67 Å². The van der Waals surface area contributed by atoms with Gasteiger partial charge < -0.3 is 25.6 Å². The zero-order valence-electron chi connectivity index (χ0n) is 19.6. The van der Waals surface area contributed by atoms with E-state index in [1.165, 1.54) is 17.0 Å². The zero-order valence-corrected chi connectivity index (χ0v) is 19.6. The van der Waals surface area contributed by atoms with Crippen LogP contribution in [0.3, 0.4) is 0 Å². The van der Waals surface area contributed by atoms with Crippen LogP contribution in [-0.4, -0.2) is 92.3 Å². The molecule has 9 nitrogen and oxygen atoms in total. The highest BCUT2D eigenvalue weighted by molar-refractivity contribution is 5.83. The molecule has 2 rings (SSSR count). The van der Waals surface area contributed by atoms with Crippen molar-refractivity contribution < 1.29 is 28.0 Å². The van der Waals surface area contributed by atoms with E-state index in [1.54, 1.807) is 19.2 Å². The molecule has 0 aromatic heterocycles. The van der Waals surface area contributed by atoms with Crippen LogP contribution in [0.15, 0.2) is 24.3 Å². The first-order valence-electron chi connectivity index (χ1n) is 11.3. The summed E-state index contributed by atoms with van der Waals surface area (Å²) < 4.78 is 26.1. The molecule has 1 aromatic rings. The smallest absolute Gasteiger partial charge is 0.254 e. The van der Waals surface area contributed by atoms with E-state index >= 15 is 0 Å². The fraction of sp³-hybridized carbons (Fsp3) is 0.565. The highest BCUT2D eigenvalue weighted by Gasteiger charge is 2.35.